The Kier molecular flexibility index (Phi) is 3.34. The topological polar surface area (TPSA) is 64.9 Å². The average molecular weight is 253 g/mol. The molecule has 0 aliphatic carbocycles. The lowest BCUT2D eigenvalue weighted by molar-refractivity contribution is -0.0221. The Bertz CT molecular complexity index is 486. The van der Waals surface area contributed by atoms with Gasteiger partial charge in [-0.1, -0.05) is 0 Å². The molecular formula is C11H13F2N5. The highest BCUT2D eigenvalue weighted by Gasteiger charge is 2.34. The van der Waals surface area contributed by atoms with Crippen molar-refractivity contribution >= 4 is 11.6 Å². The number of hydrogen-bond acceptors (Lipinski definition) is 3. The highest BCUT2D eigenvalue weighted by molar-refractivity contribution is 5.48. The van der Waals surface area contributed by atoms with Gasteiger partial charge in [0.05, 0.1) is 0 Å². The summed E-state index contributed by atoms with van der Waals surface area (Å²) in [6, 6.07) is 3.46. The number of azide groups is 1. The summed E-state index contributed by atoms with van der Waals surface area (Å²) in [5.41, 5.74) is 9.27. The minimum Gasteiger partial charge on any atom is -0.356 e. The van der Waals surface area contributed by atoms with E-state index >= 15 is 0 Å². The zero-order valence-electron chi connectivity index (χ0n) is 9.98. The lowest BCUT2D eigenvalue weighted by atomic mass is 10.1. The number of halogens is 2. The number of aromatic nitrogens is 1. The summed E-state index contributed by atoms with van der Waals surface area (Å²) < 4.78 is 26.1. The molecule has 2 heterocycles. The Hall–Kier alpha value is -1.88. The number of rotatable bonds is 2. The van der Waals surface area contributed by atoms with Crippen LogP contribution in [0.25, 0.3) is 10.4 Å². The summed E-state index contributed by atoms with van der Waals surface area (Å²) in [4.78, 5) is 8.63. The molecule has 1 aromatic heterocycles. The van der Waals surface area contributed by atoms with Crippen molar-refractivity contribution in [1.29, 1.82) is 0 Å². The molecule has 1 aliphatic rings. The zero-order chi connectivity index (χ0) is 13.2. The molecule has 0 unspecified atom stereocenters. The van der Waals surface area contributed by atoms with Crippen molar-refractivity contribution in [3.63, 3.8) is 0 Å². The summed E-state index contributed by atoms with van der Waals surface area (Å²) in [5.74, 6) is -1.72. The van der Waals surface area contributed by atoms with E-state index < -0.39 is 5.92 Å². The predicted molar refractivity (Wildman–Crippen MR) is 64.2 cm³/mol. The zero-order valence-corrected chi connectivity index (χ0v) is 9.98. The second kappa shape index (κ2) is 4.78. The number of piperidine rings is 1. The maximum Gasteiger partial charge on any atom is 0.251 e. The minimum absolute atomic E-state index is 0.167. The third-order valence-electron chi connectivity index (χ3n) is 2.91. The van der Waals surface area contributed by atoms with Crippen molar-refractivity contribution in [1.82, 2.24) is 4.98 Å². The summed E-state index contributed by atoms with van der Waals surface area (Å²) in [7, 11) is 0. The van der Waals surface area contributed by atoms with Crippen LogP contribution in [-0.2, 0) is 0 Å². The van der Waals surface area contributed by atoms with Crippen molar-refractivity contribution in [2.45, 2.75) is 25.7 Å². The van der Waals surface area contributed by atoms with Crippen LogP contribution in [0.15, 0.2) is 17.2 Å². The molecule has 0 atom stereocenters. The standard InChI is InChI=1S/C11H13F2N5/c1-8-6-9(16-17-14)15-10(7-8)18-4-2-11(12,13)3-5-18/h6-7H,2-5H2,1H3. The molecule has 0 amide bonds. The summed E-state index contributed by atoms with van der Waals surface area (Å²) >= 11 is 0. The van der Waals surface area contributed by atoms with E-state index in [0.29, 0.717) is 5.82 Å². The Labute approximate surface area is 103 Å². The second-order valence-corrected chi connectivity index (χ2v) is 4.39. The number of aryl methyl sites for hydroxylation is 1. The van der Waals surface area contributed by atoms with E-state index in [-0.39, 0.29) is 31.7 Å². The lowest BCUT2D eigenvalue weighted by Gasteiger charge is -2.32. The highest BCUT2D eigenvalue weighted by Crippen LogP contribution is 2.30. The van der Waals surface area contributed by atoms with Gasteiger partial charge in [-0.15, -0.1) is 0 Å². The molecule has 1 aromatic rings. The van der Waals surface area contributed by atoms with E-state index in [1.807, 2.05) is 6.92 Å². The average Bonchev–Trinajstić information content (AvgIpc) is 2.28. The van der Waals surface area contributed by atoms with Crippen molar-refractivity contribution in [2.75, 3.05) is 18.0 Å². The highest BCUT2D eigenvalue weighted by atomic mass is 19.3. The quantitative estimate of drug-likeness (QED) is 0.459. The van der Waals surface area contributed by atoms with E-state index in [1.165, 1.54) is 0 Å². The molecule has 0 bridgehead atoms. The maximum atomic E-state index is 13.1. The Morgan fingerprint density at radius 2 is 2.06 bits per heavy atom. The largest absolute Gasteiger partial charge is 0.356 e. The Morgan fingerprint density at radius 1 is 1.39 bits per heavy atom. The molecule has 0 aromatic carbocycles. The SMILES string of the molecule is Cc1cc(N=[N+]=[N-])nc(N2CCC(F)(F)CC2)c1. The molecule has 0 spiro atoms. The predicted octanol–water partition coefficient (Wildman–Crippen LogP) is 3.57. The van der Waals surface area contributed by atoms with Crippen LogP contribution in [-0.4, -0.2) is 24.0 Å². The number of anilines is 1. The van der Waals surface area contributed by atoms with Gasteiger partial charge in [0.15, 0.2) is 0 Å². The third-order valence-corrected chi connectivity index (χ3v) is 2.91. The summed E-state index contributed by atoms with van der Waals surface area (Å²) in [6.45, 7) is 2.37. The van der Waals surface area contributed by atoms with Crippen molar-refractivity contribution in [2.24, 2.45) is 5.11 Å². The molecule has 18 heavy (non-hydrogen) atoms. The van der Waals surface area contributed by atoms with E-state index in [9.17, 15) is 8.78 Å². The fourth-order valence-electron chi connectivity index (χ4n) is 1.95. The van der Waals surface area contributed by atoms with Gasteiger partial charge >= 0.3 is 0 Å². The van der Waals surface area contributed by atoms with Gasteiger partial charge in [0, 0.05) is 30.8 Å². The Morgan fingerprint density at radius 3 is 2.67 bits per heavy atom. The molecule has 1 aliphatic heterocycles. The van der Waals surface area contributed by atoms with Gasteiger partial charge in [-0.2, -0.15) is 0 Å². The Balaban J connectivity index is 2.21. The van der Waals surface area contributed by atoms with E-state index in [0.717, 1.165) is 5.56 Å². The van der Waals surface area contributed by atoms with Crippen LogP contribution in [0.4, 0.5) is 20.4 Å². The summed E-state index contributed by atoms with van der Waals surface area (Å²) in [5, 5.41) is 3.45. The number of pyridine rings is 1. The van der Waals surface area contributed by atoms with Gasteiger partial charge in [0.25, 0.3) is 5.92 Å². The summed E-state index contributed by atoms with van der Waals surface area (Å²) in [6.07, 6.45) is -0.334. The maximum absolute atomic E-state index is 13.1. The van der Waals surface area contributed by atoms with Gasteiger partial charge in [0.2, 0.25) is 0 Å². The molecule has 96 valence electrons. The van der Waals surface area contributed by atoms with Crippen LogP contribution in [0, 0.1) is 6.92 Å². The van der Waals surface area contributed by atoms with Crippen LogP contribution in [0.3, 0.4) is 0 Å². The second-order valence-electron chi connectivity index (χ2n) is 4.39. The molecule has 0 saturated carbocycles. The number of alkyl halides is 2. The molecule has 2 rings (SSSR count). The van der Waals surface area contributed by atoms with E-state index in [2.05, 4.69) is 15.0 Å². The fourth-order valence-corrected chi connectivity index (χ4v) is 1.95. The van der Waals surface area contributed by atoms with E-state index in [4.69, 9.17) is 5.53 Å². The first kappa shape index (κ1) is 12.6. The van der Waals surface area contributed by atoms with Crippen LogP contribution in [0.5, 0.6) is 0 Å². The monoisotopic (exact) mass is 253 g/mol. The van der Waals surface area contributed by atoms with Gasteiger partial charge in [-0.05, 0) is 35.3 Å². The first-order valence-corrected chi connectivity index (χ1v) is 5.67. The molecule has 0 N–H and O–H groups in total. The molecular weight excluding hydrogens is 240 g/mol. The van der Waals surface area contributed by atoms with Gasteiger partial charge in [-0.3, -0.25) is 0 Å². The van der Waals surface area contributed by atoms with Gasteiger partial charge in [-0.25, -0.2) is 13.8 Å². The van der Waals surface area contributed by atoms with Crippen molar-refractivity contribution in [3.05, 3.63) is 28.1 Å². The van der Waals surface area contributed by atoms with Crippen molar-refractivity contribution in [3.8, 4) is 0 Å². The normalized spacial score (nSPS) is 18.3. The first-order chi connectivity index (χ1) is 8.50. The smallest absolute Gasteiger partial charge is 0.251 e. The van der Waals surface area contributed by atoms with Crippen LogP contribution in [0.1, 0.15) is 18.4 Å². The molecule has 5 nitrogen and oxygen atoms in total. The molecule has 1 fully saturated rings. The molecule has 0 radical (unpaired) electrons. The fraction of sp³-hybridized carbons (Fsp3) is 0.545. The molecule has 7 heteroatoms. The van der Waals surface area contributed by atoms with Gasteiger partial charge in [0.1, 0.15) is 11.6 Å². The third kappa shape index (κ3) is 2.87. The lowest BCUT2D eigenvalue weighted by Crippen LogP contribution is -2.39. The minimum atomic E-state index is -2.58. The van der Waals surface area contributed by atoms with Crippen LogP contribution in [0.2, 0.25) is 0 Å². The first-order valence-electron chi connectivity index (χ1n) is 5.67. The van der Waals surface area contributed by atoms with Crippen molar-refractivity contribution < 1.29 is 8.78 Å². The van der Waals surface area contributed by atoms with Crippen LogP contribution >= 0.6 is 0 Å². The van der Waals surface area contributed by atoms with E-state index in [1.54, 1.807) is 17.0 Å². The number of nitrogens with zero attached hydrogens (tertiary/aromatic N) is 5. The van der Waals surface area contributed by atoms with Crippen LogP contribution < -0.4 is 4.90 Å². The van der Waals surface area contributed by atoms with Gasteiger partial charge < -0.3 is 4.90 Å². The number of hydrogen-bond donors (Lipinski definition) is 0. The molecule has 1 saturated heterocycles.